The van der Waals surface area contributed by atoms with Gasteiger partial charge in [0.25, 0.3) is 0 Å². The second-order valence-corrected chi connectivity index (χ2v) is 2.30. The summed E-state index contributed by atoms with van der Waals surface area (Å²) in [5, 5.41) is 0. The number of amides is 1. The Labute approximate surface area is 67.1 Å². The van der Waals surface area contributed by atoms with Crippen LogP contribution in [0.2, 0.25) is 0 Å². The molecule has 0 radical (unpaired) electrons. The van der Waals surface area contributed by atoms with E-state index >= 15 is 0 Å². The molecule has 4 heteroatoms. The van der Waals surface area contributed by atoms with Crippen molar-refractivity contribution in [3.8, 4) is 0 Å². The smallest absolute Gasteiger partial charge is 0.411 e. The van der Waals surface area contributed by atoms with Crippen LogP contribution in [0.1, 0.15) is 13.8 Å². The highest BCUT2D eigenvalue weighted by Crippen LogP contribution is 1.95. The van der Waals surface area contributed by atoms with Gasteiger partial charge in [-0.25, -0.2) is 4.79 Å². The van der Waals surface area contributed by atoms with Crippen LogP contribution in [-0.2, 0) is 9.47 Å². The Balaban J connectivity index is 3.57. The monoisotopic (exact) mass is 161 g/mol. The predicted molar refractivity (Wildman–Crippen MR) is 41.3 cm³/mol. The molecule has 0 aliphatic heterocycles. The lowest BCUT2D eigenvalue weighted by Crippen LogP contribution is -2.27. The molecule has 1 atom stereocenters. The molecule has 1 unspecified atom stereocenters. The maximum Gasteiger partial charge on any atom is 0.411 e. The van der Waals surface area contributed by atoms with E-state index in [0.29, 0.717) is 6.61 Å². The molecule has 66 valence electrons. The van der Waals surface area contributed by atoms with Crippen LogP contribution in [0, 0.1) is 0 Å². The first-order valence-electron chi connectivity index (χ1n) is 3.57. The molecule has 0 aromatic rings. The molecular formula is C7H15NO3. The largest absolute Gasteiger partial charge is 0.420 e. The van der Waals surface area contributed by atoms with Crippen molar-refractivity contribution in [3.05, 3.63) is 0 Å². The van der Waals surface area contributed by atoms with Crippen molar-refractivity contribution in [2.24, 2.45) is 0 Å². The Morgan fingerprint density at radius 1 is 1.55 bits per heavy atom. The van der Waals surface area contributed by atoms with E-state index in [0.717, 1.165) is 0 Å². The quantitative estimate of drug-likeness (QED) is 0.581. The Bertz CT molecular complexity index is 125. The van der Waals surface area contributed by atoms with Gasteiger partial charge in [-0.2, -0.15) is 0 Å². The molecular weight excluding hydrogens is 146 g/mol. The molecule has 0 aromatic heterocycles. The molecule has 0 fully saturated rings. The summed E-state index contributed by atoms with van der Waals surface area (Å²) in [7, 11) is 3.25. The topological polar surface area (TPSA) is 38.8 Å². The van der Waals surface area contributed by atoms with Crippen LogP contribution < -0.4 is 0 Å². The highest BCUT2D eigenvalue weighted by Gasteiger charge is 2.09. The SMILES string of the molecule is CCOC(C)OC(=O)N(C)C. The second-order valence-electron chi connectivity index (χ2n) is 2.30. The molecule has 0 aliphatic rings. The van der Waals surface area contributed by atoms with Crippen molar-refractivity contribution in [1.29, 1.82) is 0 Å². The number of carbonyl (C=O) groups excluding carboxylic acids is 1. The number of hydrogen-bond donors (Lipinski definition) is 0. The van der Waals surface area contributed by atoms with Gasteiger partial charge in [0.2, 0.25) is 6.29 Å². The van der Waals surface area contributed by atoms with Gasteiger partial charge in [0, 0.05) is 20.7 Å². The normalized spacial score (nSPS) is 12.4. The first kappa shape index (κ1) is 10.2. The molecule has 1 amide bonds. The minimum Gasteiger partial charge on any atom is -0.420 e. The summed E-state index contributed by atoms with van der Waals surface area (Å²) < 4.78 is 9.81. The summed E-state index contributed by atoms with van der Waals surface area (Å²) in [5.74, 6) is 0. The van der Waals surface area contributed by atoms with Crippen LogP contribution in [0.15, 0.2) is 0 Å². The molecule has 0 spiro atoms. The van der Waals surface area contributed by atoms with Gasteiger partial charge in [0.05, 0.1) is 0 Å². The summed E-state index contributed by atoms with van der Waals surface area (Å²) in [6, 6.07) is 0. The highest BCUT2D eigenvalue weighted by atomic mass is 16.7. The van der Waals surface area contributed by atoms with Crippen LogP contribution in [0.5, 0.6) is 0 Å². The molecule has 0 heterocycles. The Hall–Kier alpha value is -0.770. The van der Waals surface area contributed by atoms with Crippen molar-refractivity contribution < 1.29 is 14.3 Å². The van der Waals surface area contributed by atoms with E-state index in [9.17, 15) is 4.79 Å². The maximum atomic E-state index is 10.9. The van der Waals surface area contributed by atoms with Gasteiger partial charge >= 0.3 is 6.09 Å². The van der Waals surface area contributed by atoms with Crippen molar-refractivity contribution >= 4 is 6.09 Å². The number of carbonyl (C=O) groups is 1. The maximum absolute atomic E-state index is 10.9. The number of ether oxygens (including phenoxy) is 2. The fraction of sp³-hybridized carbons (Fsp3) is 0.857. The van der Waals surface area contributed by atoms with Crippen LogP contribution in [0.3, 0.4) is 0 Å². The number of hydrogen-bond acceptors (Lipinski definition) is 3. The molecule has 11 heavy (non-hydrogen) atoms. The van der Waals surface area contributed by atoms with E-state index in [2.05, 4.69) is 0 Å². The average Bonchev–Trinajstić information content (AvgIpc) is 1.87. The Morgan fingerprint density at radius 3 is 2.45 bits per heavy atom. The van der Waals surface area contributed by atoms with E-state index in [1.165, 1.54) is 4.90 Å². The minimum absolute atomic E-state index is 0.383. The molecule has 0 saturated carbocycles. The van der Waals surface area contributed by atoms with E-state index in [-0.39, 0.29) is 6.09 Å². The van der Waals surface area contributed by atoms with Crippen molar-refractivity contribution in [1.82, 2.24) is 4.90 Å². The van der Waals surface area contributed by atoms with Gasteiger partial charge in [-0.1, -0.05) is 0 Å². The Kier molecular flexibility index (Phi) is 4.61. The standard InChI is InChI=1S/C7H15NO3/c1-5-10-6(2)11-7(9)8(3)4/h6H,5H2,1-4H3. The van der Waals surface area contributed by atoms with E-state index in [1.54, 1.807) is 21.0 Å². The fourth-order valence-corrected chi connectivity index (χ4v) is 0.516. The molecule has 0 rings (SSSR count). The fourth-order valence-electron chi connectivity index (χ4n) is 0.516. The zero-order valence-electron chi connectivity index (χ0n) is 7.46. The summed E-state index contributed by atoms with van der Waals surface area (Å²) in [4.78, 5) is 12.2. The van der Waals surface area contributed by atoms with Crippen molar-refractivity contribution in [3.63, 3.8) is 0 Å². The van der Waals surface area contributed by atoms with Crippen molar-refractivity contribution in [2.75, 3.05) is 20.7 Å². The van der Waals surface area contributed by atoms with E-state index in [1.807, 2.05) is 6.92 Å². The van der Waals surface area contributed by atoms with Crippen LogP contribution in [0.25, 0.3) is 0 Å². The third-order valence-corrected chi connectivity index (χ3v) is 1.03. The lowest BCUT2D eigenvalue weighted by Gasteiger charge is -2.16. The van der Waals surface area contributed by atoms with Gasteiger partial charge in [0.15, 0.2) is 0 Å². The molecule has 0 aliphatic carbocycles. The Morgan fingerprint density at radius 2 is 2.09 bits per heavy atom. The molecule has 0 saturated heterocycles. The summed E-state index contributed by atoms with van der Waals surface area (Å²) in [6.45, 7) is 4.08. The summed E-state index contributed by atoms with van der Waals surface area (Å²) >= 11 is 0. The van der Waals surface area contributed by atoms with E-state index < -0.39 is 6.29 Å². The van der Waals surface area contributed by atoms with Crippen molar-refractivity contribution in [2.45, 2.75) is 20.1 Å². The van der Waals surface area contributed by atoms with Gasteiger partial charge in [-0.15, -0.1) is 0 Å². The average molecular weight is 161 g/mol. The molecule has 0 aromatic carbocycles. The molecule has 4 nitrogen and oxygen atoms in total. The lowest BCUT2D eigenvalue weighted by atomic mass is 10.7. The van der Waals surface area contributed by atoms with Gasteiger partial charge in [-0.3, -0.25) is 0 Å². The first-order chi connectivity index (χ1) is 5.07. The third kappa shape index (κ3) is 4.61. The lowest BCUT2D eigenvalue weighted by molar-refractivity contribution is -0.0929. The number of rotatable bonds is 3. The zero-order valence-corrected chi connectivity index (χ0v) is 7.46. The minimum atomic E-state index is -0.463. The van der Waals surface area contributed by atoms with Gasteiger partial charge < -0.3 is 14.4 Å². The van der Waals surface area contributed by atoms with Gasteiger partial charge in [-0.05, 0) is 13.8 Å². The molecule has 0 N–H and O–H groups in total. The summed E-state index contributed by atoms with van der Waals surface area (Å²) in [6.07, 6.45) is -0.846. The van der Waals surface area contributed by atoms with Crippen LogP contribution in [-0.4, -0.2) is 38.0 Å². The number of nitrogens with zero attached hydrogens (tertiary/aromatic N) is 1. The molecule has 0 bridgehead atoms. The van der Waals surface area contributed by atoms with E-state index in [4.69, 9.17) is 9.47 Å². The summed E-state index contributed by atoms with van der Waals surface area (Å²) in [5.41, 5.74) is 0. The second kappa shape index (κ2) is 4.96. The first-order valence-corrected chi connectivity index (χ1v) is 3.57. The highest BCUT2D eigenvalue weighted by molar-refractivity contribution is 5.66. The predicted octanol–water partition coefficient (Wildman–Crippen LogP) is 1.07. The van der Waals surface area contributed by atoms with Gasteiger partial charge in [0.1, 0.15) is 0 Å². The zero-order chi connectivity index (χ0) is 8.85. The van der Waals surface area contributed by atoms with Crippen LogP contribution in [0.4, 0.5) is 4.79 Å². The van der Waals surface area contributed by atoms with Crippen LogP contribution >= 0.6 is 0 Å². The third-order valence-electron chi connectivity index (χ3n) is 1.03.